The Labute approximate surface area is 105 Å². The van der Waals surface area contributed by atoms with Crippen LogP contribution in [0, 0.1) is 5.92 Å². The Morgan fingerprint density at radius 1 is 1.47 bits per heavy atom. The van der Waals surface area contributed by atoms with E-state index in [0.717, 1.165) is 25.4 Å². The Kier molecular flexibility index (Phi) is 7.04. The molecule has 0 heterocycles. The number of aliphatic hydroxyl groups is 1. The molecule has 1 aliphatic carbocycles. The molecule has 3 N–H and O–H groups in total. The first-order chi connectivity index (χ1) is 8.19. The molecule has 17 heavy (non-hydrogen) atoms. The third-order valence-electron chi connectivity index (χ3n) is 3.43. The largest absolute Gasteiger partial charge is 0.389 e. The molecule has 0 aliphatic heterocycles. The number of unbranched alkanes of at least 4 members (excludes halogenated alkanes) is 1. The van der Waals surface area contributed by atoms with Gasteiger partial charge in [0.2, 0.25) is 0 Å². The molecule has 0 aromatic carbocycles. The highest BCUT2D eigenvalue weighted by atomic mass is 16.5. The van der Waals surface area contributed by atoms with Crippen LogP contribution >= 0.6 is 0 Å². The fourth-order valence-electron chi connectivity index (χ4n) is 2.20. The average molecular weight is 244 g/mol. The Morgan fingerprint density at radius 2 is 2.18 bits per heavy atom. The van der Waals surface area contributed by atoms with Gasteiger partial charge in [-0.3, -0.25) is 4.90 Å². The van der Waals surface area contributed by atoms with E-state index in [1.54, 1.807) is 0 Å². The normalized spacial score (nSPS) is 19.6. The first kappa shape index (κ1) is 14.9. The maximum Gasteiger partial charge on any atom is 0.0900 e. The lowest BCUT2D eigenvalue weighted by molar-refractivity contribution is 0.0123. The number of ether oxygens (including phenoxy) is 1. The molecule has 1 aliphatic rings. The molecule has 4 heteroatoms. The minimum absolute atomic E-state index is 0.398. The molecule has 2 unspecified atom stereocenters. The smallest absolute Gasteiger partial charge is 0.0900 e. The molecule has 0 amide bonds. The average Bonchev–Trinajstić information content (AvgIpc) is 3.10. The summed E-state index contributed by atoms with van der Waals surface area (Å²) in [5.74, 6) is 0.748. The molecular weight excluding hydrogens is 216 g/mol. The van der Waals surface area contributed by atoms with Crippen molar-refractivity contribution < 1.29 is 9.84 Å². The minimum atomic E-state index is -0.398. The number of rotatable bonds is 10. The highest BCUT2D eigenvalue weighted by Gasteiger charge is 2.33. The van der Waals surface area contributed by atoms with Crippen LogP contribution in [0.5, 0.6) is 0 Å². The molecule has 0 radical (unpaired) electrons. The third-order valence-corrected chi connectivity index (χ3v) is 3.43. The minimum Gasteiger partial charge on any atom is -0.389 e. The van der Waals surface area contributed by atoms with Gasteiger partial charge in [-0.15, -0.1) is 0 Å². The summed E-state index contributed by atoms with van der Waals surface area (Å²) in [5, 5.41) is 9.86. The van der Waals surface area contributed by atoms with E-state index in [0.29, 0.717) is 25.7 Å². The molecule has 0 aromatic rings. The van der Waals surface area contributed by atoms with Crippen LogP contribution in [0.3, 0.4) is 0 Å². The SMILES string of the molecule is CCCCOCC(O)CN(C)C(CN)C1CC1. The second kappa shape index (κ2) is 8.03. The number of hydrogen-bond acceptors (Lipinski definition) is 4. The van der Waals surface area contributed by atoms with E-state index in [1.165, 1.54) is 12.8 Å². The van der Waals surface area contributed by atoms with Gasteiger partial charge in [0.15, 0.2) is 0 Å². The topological polar surface area (TPSA) is 58.7 Å². The lowest BCUT2D eigenvalue weighted by atomic mass is 10.1. The molecular formula is C13H28N2O2. The van der Waals surface area contributed by atoms with Crippen molar-refractivity contribution in [3.8, 4) is 0 Å². The van der Waals surface area contributed by atoms with E-state index >= 15 is 0 Å². The summed E-state index contributed by atoms with van der Waals surface area (Å²) < 4.78 is 5.42. The van der Waals surface area contributed by atoms with Crippen LogP contribution in [0.25, 0.3) is 0 Å². The van der Waals surface area contributed by atoms with Gasteiger partial charge in [0.05, 0.1) is 12.7 Å². The Hall–Kier alpha value is -0.160. The van der Waals surface area contributed by atoms with Gasteiger partial charge in [-0.25, -0.2) is 0 Å². The van der Waals surface area contributed by atoms with Crippen molar-refractivity contribution in [1.82, 2.24) is 4.90 Å². The van der Waals surface area contributed by atoms with Crippen LogP contribution in [-0.2, 0) is 4.74 Å². The van der Waals surface area contributed by atoms with E-state index in [4.69, 9.17) is 10.5 Å². The van der Waals surface area contributed by atoms with Crippen LogP contribution in [-0.4, -0.2) is 55.5 Å². The van der Waals surface area contributed by atoms with Crippen LogP contribution in [0.4, 0.5) is 0 Å². The molecule has 0 spiro atoms. The van der Waals surface area contributed by atoms with Crippen molar-refractivity contribution in [2.24, 2.45) is 11.7 Å². The van der Waals surface area contributed by atoms with Crippen LogP contribution in [0.15, 0.2) is 0 Å². The van der Waals surface area contributed by atoms with Gasteiger partial charge >= 0.3 is 0 Å². The van der Waals surface area contributed by atoms with E-state index in [-0.39, 0.29) is 0 Å². The Morgan fingerprint density at radius 3 is 2.71 bits per heavy atom. The van der Waals surface area contributed by atoms with Gasteiger partial charge < -0.3 is 15.6 Å². The number of aliphatic hydroxyl groups excluding tert-OH is 1. The van der Waals surface area contributed by atoms with E-state index in [2.05, 4.69) is 11.8 Å². The molecule has 4 nitrogen and oxygen atoms in total. The van der Waals surface area contributed by atoms with Crippen LogP contribution in [0.1, 0.15) is 32.6 Å². The molecule has 1 rings (SSSR count). The molecule has 1 saturated carbocycles. The van der Waals surface area contributed by atoms with Gasteiger partial charge in [0.25, 0.3) is 0 Å². The summed E-state index contributed by atoms with van der Waals surface area (Å²) in [4.78, 5) is 2.19. The standard InChI is InChI=1S/C13H28N2O2/c1-3-4-7-17-10-12(16)9-15(2)13(8-14)11-5-6-11/h11-13,16H,3-10,14H2,1-2H3. The predicted octanol–water partition coefficient (Wildman–Crippen LogP) is 0.833. The summed E-state index contributed by atoms with van der Waals surface area (Å²) in [7, 11) is 2.05. The summed E-state index contributed by atoms with van der Waals surface area (Å²) in [6, 6.07) is 0.431. The lowest BCUT2D eigenvalue weighted by Crippen LogP contribution is -2.44. The molecule has 0 aromatic heterocycles. The van der Waals surface area contributed by atoms with Crippen molar-refractivity contribution in [3.05, 3.63) is 0 Å². The fraction of sp³-hybridized carbons (Fsp3) is 1.00. The second-order valence-corrected chi connectivity index (χ2v) is 5.16. The number of nitrogens with zero attached hydrogens (tertiary/aromatic N) is 1. The zero-order valence-electron chi connectivity index (χ0n) is 11.3. The van der Waals surface area contributed by atoms with Gasteiger partial charge in [0.1, 0.15) is 0 Å². The summed E-state index contributed by atoms with van der Waals surface area (Å²) in [5.41, 5.74) is 5.78. The fourth-order valence-corrected chi connectivity index (χ4v) is 2.20. The number of hydrogen-bond donors (Lipinski definition) is 2. The molecule has 0 bridgehead atoms. The zero-order valence-corrected chi connectivity index (χ0v) is 11.3. The van der Waals surface area contributed by atoms with Crippen molar-refractivity contribution in [2.75, 3.05) is 33.4 Å². The van der Waals surface area contributed by atoms with Crippen molar-refractivity contribution >= 4 is 0 Å². The monoisotopic (exact) mass is 244 g/mol. The maximum absolute atomic E-state index is 9.86. The van der Waals surface area contributed by atoms with Gasteiger partial charge in [-0.05, 0) is 32.2 Å². The predicted molar refractivity (Wildman–Crippen MR) is 69.9 cm³/mol. The first-order valence-corrected chi connectivity index (χ1v) is 6.85. The molecule has 2 atom stereocenters. The number of likely N-dealkylation sites (N-methyl/N-ethyl adjacent to an activating group) is 1. The lowest BCUT2D eigenvalue weighted by Gasteiger charge is -2.28. The summed E-state index contributed by atoms with van der Waals surface area (Å²) in [6.45, 7) is 4.66. The van der Waals surface area contributed by atoms with E-state index in [1.807, 2.05) is 7.05 Å². The van der Waals surface area contributed by atoms with E-state index in [9.17, 15) is 5.11 Å². The third kappa shape index (κ3) is 5.82. The van der Waals surface area contributed by atoms with Gasteiger partial charge in [0, 0.05) is 25.7 Å². The van der Waals surface area contributed by atoms with Crippen LogP contribution in [0.2, 0.25) is 0 Å². The van der Waals surface area contributed by atoms with E-state index < -0.39 is 6.10 Å². The number of nitrogens with two attached hydrogens (primary N) is 1. The molecule has 102 valence electrons. The van der Waals surface area contributed by atoms with Crippen molar-refractivity contribution in [1.29, 1.82) is 0 Å². The van der Waals surface area contributed by atoms with Crippen LogP contribution < -0.4 is 5.73 Å². The quantitative estimate of drug-likeness (QED) is 0.559. The first-order valence-electron chi connectivity index (χ1n) is 6.85. The molecule has 1 fully saturated rings. The van der Waals surface area contributed by atoms with Crippen molar-refractivity contribution in [2.45, 2.75) is 44.8 Å². The zero-order chi connectivity index (χ0) is 12.7. The molecule has 0 saturated heterocycles. The maximum atomic E-state index is 9.86. The van der Waals surface area contributed by atoms with Crippen molar-refractivity contribution in [3.63, 3.8) is 0 Å². The van der Waals surface area contributed by atoms with Gasteiger partial charge in [-0.2, -0.15) is 0 Å². The summed E-state index contributed by atoms with van der Waals surface area (Å²) >= 11 is 0. The second-order valence-electron chi connectivity index (χ2n) is 5.16. The van der Waals surface area contributed by atoms with Gasteiger partial charge in [-0.1, -0.05) is 13.3 Å². The summed E-state index contributed by atoms with van der Waals surface area (Å²) in [6.07, 6.45) is 4.37. The highest BCUT2D eigenvalue weighted by molar-refractivity contribution is 4.88. The highest BCUT2D eigenvalue weighted by Crippen LogP contribution is 2.34. The Balaban J connectivity index is 2.13. The Bertz CT molecular complexity index is 198.